The summed E-state index contributed by atoms with van der Waals surface area (Å²) in [6, 6.07) is 7.45. The van der Waals surface area contributed by atoms with Gasteiger partial charge in [-0.05, 0) is 50.8 Å². The van der Waals surface area contributed by atoms with Gasteiger partial charge < -0.3 is 9.64 Å². The van der Waals surface area contributed by atoms with Gasteiger partial charge in [0.2, 0.25) is 0 Å². The Morgan fingerprint density at radius 3 is 2.21 bits per heavy atom. The Kier molecular flexibility index (Phi) is 4.88. The molecule has 1 aromatic rings. The van der Waals surface area contributed by atoms with Gasteiger partial charge in [0, 0.05) is 19.6 Å². The predicted octanol–water partition coefficient (Wildman–Crippen LogP) is 2.67. The number of benzene rings is 1. The molecule has 0 radical (unpaired) electrons. The van der Waals surface area contributed by atoms with Gasteiger partial charge in [-0.2, -0.15) is 0 Å². The van der Waals surface area contributed by atoms with E-state index in [9.17, 15) is 9.59 Å². The number of amides is 2. The van der Waals surface area contributed by atoms with Gasteiger partial charge in [-0.25, -0.2) is 0 Å². The van der Waals surface area contributed by atoms with Crippen molar-refractivity contribution < 1.29 is 14.3 Å². The van der Waals surface area contributed by atoms with Crippen molar-refractivity contribution in [1.29, 1.82) is 0 Å². The zero-order chi connectivity index (χ0) is 17.1. The van der Waals surface area contributed by atoms with Gasteiger partial charge in [-0.3, -0.25) is 14.5 Å². The van der Waals surface area contributed by atoms with Gasteiger partial charge in [-0.1, -0.05) is 12.1 Å². The van der Waals surface area contributed by atoms with Crippen LogP contribution in [0.25, 0.3) is 5.57 Å². The normalized spacial score (nSPS) is 18.6. The molecule has 1 saturated heterocycles. The number of hydrogen-bond acceptors (Lipinski definition) is 4. The SMILES string of the molecule is CCOc1ccc(C2=C(N3CCCCC3)C(=O)N(CC)C2=O)cc1. The fraction of sp³-hybridized carbons (Fsp3) is 0.474. The number of ether oxygens (including phenoxy) is 1. The average molecular weight is 328 g/mol. The molecule has 5 nitrogen and oxygen atoms in total. The van der Waals surface area contributed by atoms with Crippen LogP contribution >= 0.6 is 0 Å². The lowest BCUT2D eigenvalue weighted by atomic mass is 10.0. The Labute approximate surface area is 142 Å². The summed E-state index contributed by atoms with van der Waals surface area (Å²) in [4.78, 5) is 29.0. The highest BCUT2D eigenvalue weighted by atomic mass is 16.5. The summed E-state index contributed by atoms with van der Waals surface area (Å²) in [6.45, 7) is 6.45. The first-order valence-electron chi connectivity index (χ1n) is 8.76. The molecule has 0 atom stereocenters. The van der Waals surface area contributed by atoms with Crippen LogP contribution in [0, 0.1) is 0 Å². The van der Waals surface area contributed by atoms with E-state index in [0.29, 0.717) is 24.4 Å². The van der Waals surface area contributed by atoms with E-state index in [4.69, 9.17) is 4.74 Å². The minimum absolute atomic E-state index is 0.159. The van der Waals surface area contributed by atoms with Crippen LogP contribution in [0.2, 0.25) is 0 Å². The Bertz CT molecular complexity index is 658. The van der Waals surface area contributed by atoms with Crippen molar-refractivity contribution >= 4 is 17.4 Å². The molecule has 2 amide bonds. The van der Waals surface area contributed by atoms with Gasteiger partial charge in [-0.15, -0.1) is 0 Å². The van der Waals surface area contributed by atoms with Crippen molar-refractivity contribution in [1.82, 2.24) is 9.80 Å². The van der Waals surface area contributed by atoms with E-state index in [0.717, 1.165) is 37.2 Å². The summed E-state index contributed by atoms with van der Waals surface area (Å²) >= 11 is 0. The van der Waals surface area contributed by atoms with E-state index >= 15 is 0 Å². The van der Waals surface area contributed by atoms with E-state index in [-0.39, 0.29) is 11.8 Å². The molecule has 3 rings (SSSR count). The van der Waals surface area contributed by atoms with Crippen molar-refractivity contribution in [3.8, 4) is 5.75 Å². The second kappa shape index (κ2) is 7.07. The number of likely N-dealkylation sites (tertiary alicyclic amines) is 1. The highest BCUT2D eigenvalue weighted by molar-refractivity contribution is 6.35. The number of likely N-dealkylation sites (N-methyl/N-ethyl adjacent to an activating group) is 1. The molecule has 5 heteroatoms. The minimum atomic E-state index is -0.188. The highest BCUT2D eigenvalue weighted by Crippen LogP contribution is 2.33. The third kappa shape index (κ3) is 2.90. The molecular formula is C19H24N2O3. The molecule has 0 bridgehead atoms. The van der Waals surface area contributed by atoms with Crippen molar-refractivity contribution in [3.05, 3.63) is 35.5 Å². The van der Waals surface area contributed by atoms with Crippen LogP contribution in [-0.2, 0) is 9.59 Å². The number of imide groups is 1. The van der Waals surface area contributed by atoms with Gasteiger partial charge >= 0.3 is 0 Å². The lowest BCUT2D eigenvalue weighted by Gasteiger charge is -2.29. The van der Waals surface area contributed by atoms with Crippen molar-refractivity contribution in [2.45, 2.75) is 33.1 Å². The number of hydrogen-bond donors (Lipinski definition) is 0. The Hall–Kier alpha value is -2.30. The smallest absolute Gasteiger partial charge is 0.277 e. The van der Waals surface area contributed by atoms with Crippen LogP contribution in [0.3, 0.4) is 0 Å². The molecule has 0 aromatic heterocycles. The van der Waals surface area contributed by atoms with Crippen LogP contribution < -0.4 is 4.74 Å². The lowest BCUT2D eigenvalue weighted by molar-refractivity contribution is -0.137. The molecule has 2 aliphatic heterocycles. The third-order valence-electron chi connectivity index (χ3n) is 4.59. The van der Waals surface area contributed by atoms with Crippen molar-refractivity contribution in [3.63, 3.8) is 0 Å². The predicted molar refractivity (Wildman–Crippen MR) is 92.3 cm³/mol. The molecule has 2 heterocycles. The third-order valence-corrected chi connectivity index (χ3v) is 4.59. The van der Waals surface area contributed by atoms with Crippen LogP contribution in [-0.4, -0.2) is 47.9 Å². The Morgan fingerprint density at radius 1 is 0.958 bits per heavy atom. The zero-order valence-corrected chi connectivity index (χ0v) is 14.4. The van der Waals surface area contributed by atoms with Gasteiger partial charge in [0.15, 0.2) is 0 Å². The quantitative estimate of drug-likeness (QED) is 0.780. The summed E-state index contributed by atoms with van der Waals surface area (Å²) in [5.41, 5.74) is 1.89. The molecule has 24 heavy (non-hydrogen) atoms. The van der Waals surface area contributed by atoms with E-state index in [1.165, 1.54) is 11.3 Å². The van der Waals surface area contributed by atoms with Crippen LogP contribution in [0.1, 0.15) is 38.7 Å². The van der Waals surface area contributed by atoms with Crippen LogP contribution in [0.4, 0.5) is 0 Å². The summed E-state index contributed by atoms with van der Waals surface area (Å²) < 4.78 is 5.47. The number of piperidine rings is 1. The van der Waals surface area contributed by atoms with E-state index in [1.54, 1.807) is 0 Å². The number of nitrogens with zero attached hydrogens (tertiary/aromatic N) is 2. The minimum Gasteiger partial charge on any atom is -0.494 e. The average Bonchev–Trinajstić information content (AvgIpc) is 2.87. The van der Waals surface area contributed by atoms with Crippen molar-refractivity contribution in [2.24, 2.45) is 0 Å². The second-order valence-corrected chi connectivity index (χ2v) is 6.08. The molecule has 0 N–H and O–H groups in total. The number of carbonyl (C=O) groups excluding carboxylic acids is 2. The molecule has 0 saturated carbocycles. The summed E-state index contributed by atoms with van der Waals surface area (Å²) in [7, 11) is 0. The Morgan fingerprint density at radius 2 is 1.62 bits per heavy atom. The van der Waals surface area contributed by atoms with Crippen molar-refractivity contribution in [2.75, 3.05) is 26.2 Å². The molecular weight excluding hydrogens is 304 g/mol. The highest BCUT2D eigenvalue weighted by Gasteiger charge is 2.40. The Balaban J connectivity index is 2.02. The van der Waals surface area contributed by atoms with E-state index < -0.39 is 0 Å². The lowest BCUT2D eigenvalue weighted by Crippen LogP contribution is -2.37. The first kappa shape index (κ1) is 16.6. The molecule has 0 aliphatic carbocycles. The van der Waals surface area contributed by atoms with E-state index in [1.807, 2.05) is 38.1 Å². The maximum Gasteiger partial charge on any atom is 0.277 e. The topological polar surface area (TPSA) is 49.9 Å². The summed E-state index contributed by atoms with van der Waals surface area (Å²) in [5.74, 6) is 0.422. The molecule has 1 fully saturated rings. The summed E-state index contributed by atoms with van der Waals surface area (Å²) in [6.07, 6.45) is 3.31. The summed E-state index contributed by atoms with van der Waals surface area (Å²) in [5, 5.41) is 0. The first-order chi connectivity index (χ1) is 11.7. The van der Waals surface area contributed by atoms with Gasteiger partial charge in [0.05, 0.1) is 12.2 Å². The molecule has 0 spiro atoms. The molecule has 2 aliphatic rings. The maximum absolute atomic E-state index is 12.8. The fourth-order valence-electron chi connectivity index (χ4n) is 3.41. The number of carbonyl (C=O) groups is 2. The van der Waals surface area contributed by atoms with Gasteiger partial charge in [0.1, 0.15) is 11.4 Å². The molecule has 128 valence electrons. The molecule has 1 aromatic carbocycles. The monoisotopic (exact) mass is 328 g/mol. The fourth-order valence-corrected chi connectivity index (χ4v) is 3.41. The second-order valence-electron chi connectivity index (χ2n) is 6.08. The van der Waals surface area contributed by atoms with Crippen LogP contribution in [0.15, 0.2) is 30.0 Å². The standard InChI is InChI=1S/C19H24N2O3/c1-3-21-18(22)16(14-8-10-15(11-9-14)24-4-2)17(19(21)23)20-12-6-5-7-13-20/h8-11H,3-7,12-13H2,1-2H3. The molecule has 0 unspecified atom stereocenters. The zero-order valence-electron chi connectivity index (χ0n) is 14.4. The van der Waals surface area contributed by atoms with Crippen LogP contribution in [0.5, 0.6) is 5.75 Å². The van der Waals surface area contributed by atoms with Gasteiger partial charge in [0.25, 0.3) is 11.8 Å². The van der Waals surface area contributed by atoms with E-state index in [2.05, 4.69) is 4.90 Å². The maximum atomic E-state index is 12.8. The number of rotatable bonds is 5. The largest absolute Gasteiger partial charge is 0.494 e. The first-order valence-corrected chi connectivity index (χ1v) is 8.76.